The number of ether oxygens (including phenoxy) is 1. The van der Waals surface area contributed by atoms with Crippen LogP contribution >= 0.6 is 11.6 Å². The van der Waals surface area contributed by atoms with Gasteiger partial charge in [0, 0.05) is 42.6 Å². The Labute approximate surface area is 163 Å². The van der Waals surface area contributed by atoms with Crippen molar-refractivity contribution in [1.82, 2.24) is 4.90 Å². The maximum absolute atomic E-state index is 12.5. The molecule has 1 aliphatic heterocycles. The molecule has 0 spiro atoms. The summed E-state index contributed by atoms with van der Waals surface area (Å²) in [6.45, 7) is 4.12. The normalized spacial score (nSPS) is 14.0. The summed E-state index contributed by atoms with van der Waals surface area (Å²) in [6.07, 6.45) is 0. The first kappa shape index (κ1) is 19.0. The lowest BCUT2D eigenvalue weighted by molar-refractivity contribution is -0.143. The van der Waals surface area contributed by atoms with Gasteiger partial charge in [-0.3, -0.25) is 9.59 Å². The smallest absolute Gasteiger partial charge is 0.313 e. The highest BCUT2D eigenvalue weighted by Gasteiger charge is 2.26. The highest BCUT2D eigenvalue weighted by atomic mass is 35.5. The van der Waals surface area contributed by atoms with E-state index >= 15 is 0 Å². The Kier molecular flexibility index (Phi) is 5.86. The van der Waals surface area contributed by atoms with E-state index in [9.17, 15) is 9.59 Å². The predicted molar refractivity (Wildman–Crippen MR) is 107 cm³/mol. The molecule has 27 heavy (non-hydrogen) atoms. The quantitative estimate of drug-likeness (QED) is 0.822. The summed E-state index contributed by atoms with van der Waals surface area (Å²) in [5.41, 5.74) is 2.37. The average molecular weight is 388 g/mol. The predicted octanol–water partition coefficient (Wildman–Crippen LogP) is 2.94. The standard InChI is InChI=1S/C20H22ClN3O3/c1-14-17(21)4-3-5-18(14)22-19(25)20(26)24-12-10-23(11-13-24)15-6-8-16(27-2)9-7-15/h3-9H,10-13H2,1-2H3,(H,22,25). The average Bonchev–Trinajstić information content (AvgIpc) is 2.71. The van der Waals surface area contributed by atoms with E-state index in [1.165, 1.54) is 0 Å². The highest BCUT2D eigenvalue weighted by molar-refractivity contribution is 6.40. The van der Waals surface area contributed by atoms with Gasteiger partial charge < -0.3 is 19.9 Å². The Morgan fingerprint density at radius 1 is 1.04 bits per heavy atom. The summed E-state index contributed by atoms with van der Waals surface area (Å²) >= 11 is 6.06. The Bertz CT molecular complexity index is 831. The number of hydrogen-bond donors (Lipinski definition) is 1. The number of halogens is 1. The van der Waals surface area contributed by atoms with E-state index < -0.39 is 11.8 Å². The van der Waals surface area contributed by atoms with Crippen molar-refractivity contribution in [3.05, 3.63) is 53.1 Å². The van der Waals surface area contributed by atoms with Crippen LogP contribution in [0.25, 0.3) is 0 Å². The van der Waals surface area contributed by atoms with E-state index in [1.807, 2.05) is 24.3 Å². The molecule has 0 aliphatic carbocycles. The van der Waals surface area contributed by atoms with Crippen LogP contribution in [0.15, 0.2) is 42.5 Å². The molecule has 0 radical (unpaired) electrons. The number of piperazine rings is 1. The third-order valence-corrected chi connectivity index (χ3v) is 5.12. The molecule has 1 aliphatic rings. The van der Waals surface area contributed by atoms with Crippen LogP contribution in [0.1, 0.15) is 5.56 Å². The van der Waals surface area contributed by atoms with Crippen molar-refractivity contribution < 1.29 is 14.3 Å². The lowest BCUT2D eigenvalue weighted by atomic mass is 10.2. The van der Waals surface area contributed by atoms with Gasteiger partial charge in [-0.1, -0.05) is 17.7 Å². The minimum Gasteiger partial charge on any atom is -0.497 e. The van der Waals surface area contributed by atoms with Gasteiger partial charge in [0.2, 0.25) is 0 Å². The van der Waals surface area contributed by atoms with Gasteiger partial charge in [0.25, 0.3) is 0 Å². The number of nitrogens with zero attached hydrogens (tertiary/aromatic N) is 2. The zero-order chi connectivity index (χ0) is 19.4. The number of carbonyl (C=O) groups excluding carboxylic acids is 2. The first-order valence-electron chi connectivity index (χ1n) is 8.74. The molecule has 0 saturated carbocycles. The van der Waals surface area contributed by atoms with Gasteiger partial charge in [-0.25, -0.2) is 0 Å². The van der Waals surface area contributed by atoms with Crippen LogP contribution in [0.2, 0.25) is 5.02 Å². The number of anilines is 2. The molecule has 1 N–H and O–H groups in total. The molecule has 1 saturated heterocycles. The van der Waals surface area contributed by atoms with Gasteiger partial charge in [-0.15, -0.1) is 0 Å². The topological polar surface area (TPSA) is 61.9 Å². The van der Waals surface area contributed by atoms with Crippen LogP contribution in [0.3, 0.4) is 0 Å². The number of amides is 2. The summed E-state index contributed by atoms with van der Waals surface area (Å²) < 4.78 is 5.17. The van der Waals surface area contributed by atoms with E-state index in [2.05, 4.69) is 10.2 Å². The number of carbonyl (C=O) groups is 2. The lowest BCUT2D eigenvalue weighted by Crippen LogP contribution is -2.51. The molecule has 142 valence electrons. The number of rotatable bonds is 3. The Morgan fingerprint density at radius 3 is 2.33 bits per heavy atom. The van der Waals surface area contributed by atoms with Gasteiger partial charge in [-0.05, 0) is 48.9 Å². The van der Waals surface area contributed by atoms with E-state index in [1.54, 1.807) is 37.1 Å². The molecule has 2 aromatic carbocycles. The van der Waals surface area contributed by atoms with Crippen molar-refractivity contribution in [3.63, 3.8) is 0 Å². The zero-order valence-electron chi connectivity index (χ0n) is 15.4. The molecule has 6 nitrogen and oxygen atoms in total. The fourth-order valence-corrected chi connectivity index (χ4v) is 3.20. The first-order chi connectivity index (χ1) is 13.0. The van der Waals surface area contributed by atoms with Crippen LogP contribution in [-0.2, 0) is 9.59 Å². The second-order valence-corrected chi connectivity index (χ2v) is 6.75. The Hall–Kier alpha value is -2.73. The molecule has 1 fully saturated rings. The molecule has 0 unspecified atom stereocenters. The maximum atomic E-state index is 12.5. The van der Waals surface area contributed by atoms with Crippen molar-refractivity contribution in [3.8, 4) is 5.75 Å². The molecule has 1 heterocycles. The van der Waals surface area contributed by atoms with Gasteiger partial charge in [0.1, 0.15) is 5.75 Å². The summed E-state index contributed by atoms with van der Waals surface area (Å²) in [5, 5.41) is 3.21. The van der Waals surface area contributed by atoms with Crippen molar-refractivity contribution in [2.45, 2.75) is 6.92 Å². The molecular weight excluding hydrogens is 366 g/mol. The second kappa shape index (κ2) is 8.31. The number of methoxy groups -OCH3 is 1. The van der Waals surface area contributed by atoms with Crippen molar-refractivity contribution >= 4 is 34.8 Å². The maximum Gasteiger partial charge on any atom is 0.313 e. The summed E-state index contributed by atoms with van der Waals surface area (Å²) in [7, 11) is 1.63. The molecule has 0 bridgehead atoms. The van der Waals surface area contributed by atoms with E-state index in [0.29, 0.717) is 36.9 Å². The monoisotopic (exact) mass is 387 g/mol. The third-order valence-electron chi connectivity index (χ3n) is 4.71. The van der Waals surface area contributed by atoms with Gasteiger partial charge >= 0.3 is 11.8 Å². The van der Waals surface area contributed by atoms with Gasteiger partial charge in [0.15, 0.2) is 0 Å². The van der Waals surface area contributed by atoms with Crippen LogP contribution in [0, 0.1) is 6.92 Å². The molecule has 7 heteroatoms. The first-order valence-corrected chi connectivity index (χ1v) is 9.12. The second-order valence-electron chi connectivity index (χ2n) is 6.34. The molecule has 2 amide bonds. The van der Waals surface area contributed by atoms with Gasteiger partial charge in [0.05, 0.1) is 7.11 Å². The Balaban J connectivity index is 1.57. The largest absolute Gasteiger partial charge is 0.497 e. The molecular formula is C20H22ClN3O3. The summed E-state index contributed by atoms with van der Waals surface area (Å²) in [4.78, 5) is 28.6. The number of benzene rings is 2. The third kappa shape index (κ3) is 4.34. The highest BCUT2D eigenvalue weighted by Crippen LogP contribution is 2.23. The minimum absolute atomic E-state index is 0.493. The number of nitrogens with one attached hydrogen (secondary N) is 1. The van der Waals surface area contributed by atoms with Crippen LogP contribution < -0.4 is 15.0 Å². The van der Waals surface area contributed by atoms with E-state index in [4.69, 9.17) is 16.3 Å². The molecule has 2 aromatic rings. The fourth-order valence-electron chi connectivity index (χ4n) is 3.02. The van der Waals surface area contributed by atoms with Gasteiger partial charge in [-0.2, -0.15) is 0 Å². The minimum atomic E-state index is -0.640. The Morgan fingerprint density at radius 2 is 1.70 bits per heavy atom. The van der Waals surface area contributed by atoms with Crippen LogP contribution in [0.5, 0.6) is 5.75 Å². The molecule has 0 atom stereocenters. The number of hydrogen-bond acceptors (Lipinski definition) is 4. The molecule has 0 aromatic heterocycles. The van der Waals surface area contributed by atoms with Crippen LogP contribution in [0.4, 0.5) is 11.4 Å². The van der Waals surface area contributed by atoms with Crippen molar-refractivity contribution in [2.24, 2.45) is 0 Å². The van der Waals surface area contributed by atoms with Crippen molar-refractivity contribution in [2.75, 3.05) is 43.5 Å². The van der Waals surface area contributed by atoms with Crippen molar-refractivity contribution in [1.29, 1.82) is 0 Å². The fraction of sp³-hybridized carbons (Fsp3) is 0.300. The van der Waals surface area contributed by atoms with Crippen LogP contribution in [-0.4, -0.2) is 50.0 Å². The molecule has 3 rings (SSSR count). The summed E-state index contributed by atoms with van der Waals surface area (Å²) in [5.74, 6) is -0.359. The lowest BCUT2D eigenvalue weighted by Gasteiger charge is -2.35. The van der Waals surface area contributed by atoms with E-state index in [-0.39, 0.29) is 0 Å². The zero-order valence-corrected chi connectivity index (χ0v) is 16.1. The SMILES string of the molecule is COc1ccc(N2CCN(C(=O)C(=O)Nc3cccc(Cl)c3C)CC2)cc1. The van der Waals surface area contributed by atoms with E-state index in [0.717, 1.165) is 17.0 Å². The summed E-state index contributed by atoms with van der Waals surface area (Å²) in [6, 6.07) is 13.0.